The Morgan fingerprint density at radius 3 is 2.25 bits per heavy atom. The highest BCUT2D eigenvalue weighted by Crippen LogP contribution is 2.32. The van der Waals surface area contributed by atoms with Crippen LogP contribution in [-0.4, -0.2) is 7.11 Å². The first kappa shape index (κ1) is 15.0. The quantitative estimate of drug-likeness (QED) is 0.907. The molecule has 2 N–H and O–H groups in total. The molecule has 0 aliphatic rings. The topological polar surface area (TPSA) is 35.2 Å². The summed E-state index contributed by atoms with van der Waals surface area (Å²) in [5.74, 6) is 0.528. The Morgan fingerprint density at radius 2 is 1.75 bits per heavy atom. The Hall–Kier alpha value is -1.39. The number of hydrogen-bond acceptors (Lipinski definition) is 2. The van der Waals surface area contributed by atoms with Crippen molar-refractivity contribution in [1.29, 1.82) is 0 Å². The second-order valence-corrected chi connectivity index (χ2v) is 5.68. The van der Waals surface area contributed by atoms with Crippen molar-refractivity contribution in [2.45, 2.75) is 19.9 Å². The van der Waals surface area contributed by atoms with E-state index in [-0.39, 0.29) is 11.9 Å². The molecule has 1 unspecified atom stereocenters. The van der Waals surface area contributed by atoms with Crippen molar-refractivity contribution in [3.8, 4) is 5.75 Å². The van der Waals surface area contributed by atoms with Crippen LogP contribution in [-0.2, 0) is 0 Å². The third-order valence-corrected chi connectivity index (χ3v) is 4.02. The van der Waals surface area contributed by atoms with Crippen LogP contribution in [0.25, 0.3) is 0 Å². The van der Waals surface area contributed by atoms with Crippen LogP contribution in [0.2, 0.25) is 0 Å². The number of benzene rings is 2. The van der Waals surface area contributed by atoms with Crippen LogP contribution in [0.1, 0.15) is 28.3 Å². The maximum absolute atomic E-state index is 13.4. The Bertz CT molecular complexity index is 619. The highest BCUT2D eigenvalue weighted by molar-refractivity contribution is 9.10. The molecule has 0 fully saturated rings. The lowest BCUT2D eigenvalue weighted by molar-refractivity contribution is 0.412. The third kappa shape index (κ3) is 2.86. The van der Waals surface area contributed by atoms with Gasteiger partial charge in [-0.3, -0.25) is 0 Å². The van der Waals surface area contributed by atoms with Crippen LogP contribution in [0.4, 0.5) is 4.39 Å². The zero-order chi connectivity index (χ0) is 14.9. The summed E-state index contributed by atoms with van der Waals surface area (Å²) in [4.78, 5) is 0. The minimum absolute atomic E-state index is 0.230. The van der Waals surface area contributed by atoms with Gasteiger partial charge in [0.05, 0.1) is 17.6 Å². The summed E-state index contributed by atoms with van der Waals surface area (Å²) < 4.78 is 19.4. The molecule has 0 bridgehead atoms. The number of methoxy groups -OCH3 is 1. The first-order valence-electron chi connectivity index (χ1n) is 6.29. The fourth-order valence-electron chi connectivity index (χ4n) is 2.46. The Balaban J connectivity index is 2.46. The summed E-state index contributed by atoms with van der Waals surface area (Å²) >= 11 is 3.46. The van der Waals surface area contributed by atoms with E-state index in [4.69, 9.17) is 10.5 Å². The molecule has 0 aliphatic heterocycles. The molecule has 0 saturated heterocycles. The van der Waals surface area contributed by atoms with E-state index in [1.54, 1.807) is 7.11 Å². The van der Waals surface area contributed by atoms with Gasteiger partial charge in [-0.1, -0.05) is 6.07 Å². The van der Waals surface area contributed by atoms with Gasteiger partial charge in [0.1, 0.15) is 11.6 Å². The monoisotopic (exact) mass is 337 g/mol. The van der Waals surface area contributed by atoms with Gasteiger partial charge in [-0.15, -0.1) is 0 Å². The Kier molecular flexibility index (Phi) is 4.45. The molecule has 0 spiro atoms. The van der Waals surface area contributed by atoms with E-state index >= 15 is 0 Å². The minimum Gasteiger partial charge on any atom is -0.496 e. The van der Waals surface area contributed by atoms with Gasteiger partial charge in [0.2, 0.25) is 0 Å². The van der Waals surface area contributed by atoms with Gasteiger partial charge in [-0.2, -0.15) is 0 Å². The van der Waals surface area contributed by atoms with E-state index < -0.39 is 0 Å². The molecule has 2 aromatic carbocycles. The van der Waals surface area contributed by atoms with Crippen LogP contribution in [0.5, 0.6) is 5.75 Å². The molecule has 0 heterocycles. The first-order valence-corrected chi connectivity index (χ1v) is 7.09. The molecule has 2 nitrogen and oxygen atoms in total. The summed E-state index contributed by atoms with van der Waals surface area (Å²) in [6.45, 7) is 3.76. The van der Waals surface area contributed by atoms with Crippen molar-refractivity contribution >= 4 is 15.9 Å². The van der Waals surface area contributed by atoms with Crippen LogP contribution >= 0.6 is 15.9 Å². The molecular weight excluding hydrogens is 321 g/mol. The maximum atomic E-state index is 13.4. The van der Waals surface area contributed by atoms with Gasteiger partial charge in [0.15, 0.2) is 0 Å². The number of aryl methyl sites for hydroxylation is 2. The van der Waals surface area contributed by atoms with Gasteiger partial charge in [0.25, 0.3) is 0 Å². The Labute approximate surface area is 126 Å². The molecule has 2 aromatic rings. The van der Waals surface area contributed by atoms with Gasteiger partial charge < -0.3 is 10.5 Å². The number of ether oxygens (including phenoxy) is 1. The van der Waals surface area contributed by atoms with Gasteiger partial charge >= 0.3 is 0 Å². The average Bonchev–Trinajstić information content (AvgIpc) is 2.37. The standard InChI is InChI=1S/C16H17BrFNO/c1-9-6-12(18)7-10(2)15(9)16(19)11-4-5-14(20-3)13(17)8-11/h4-8,16H,19H2,1-3H3. The Morgan fingerprint density at radius 1 is 1.15 bits per heavy atom. The van der Waals surface area contributed by atoms with E-state index in [2.05, 4.69) is 15.9 Å². The average molecular weight is 338 g/mol. The summed E-state index contributed by atoms with van der Waals surface area (Å²) in [5.41, 5.74) is 9.99. The van der Waals surface area contributed by atoms with E-state index in [1.165, 1.54) is 12.1 Å². The summed E-state index contributed by atoms with van der Waals surface area (Å²) in [6, 6.07) is 8.47. The smallest absolute Gasteiger partial charge is 0.133 e. The second kappa shape index (κ2) is 5.94. The number of rotatable bonds is 3. The van der Waals surface area contributed by atoms with E-state index in [0.29, 0.717) is 0 Å². The lowest BCUT2D eigenvalue weighted by Gasteiger charge is -2.19. The number of nitrogens with two attached hydrogens (primary N) is 1. The van der Waals surface area contributed by atoms with Crippen LogP contribution in [0, 0.1) is 19.7 Å². The predicted octanol–water partition coefficient (Wildman–Crippen LogP) is 4.26. The van der Waals surface area contributed by atoms with E-state index in [0.717, 1.165) is 32.5 Å². The zero-order valence-corrected chi connectivity index (χ0v) is 13.3. The molecule has 20 heavy (non-hydrogen) atoms. The van der Waals surface area contributed by atoms with Crippen molar-refractivity contribution in [3.05, 3.63) is 62.9 Å². The first-order chi connectivity index (χ1) is 9.43. The van der Waals surface area contributed by atoms with Crippen molar-refractivity contribution in [2.75, 3.05) is 7.11 Å². The fourth-order valence-corrected chi connectivity index (χ4v) is 3.01. The number of hydrogen-bond donors (Lipinski definition) is 1. The summed E-state index contributed by atoms with van der Waals surface area (Å²) in [5, 5.41) is 0. The molecule has 2 rings (SSSR count). The van der Waals surface area contributed by atoms with Crippen molar-refractivity contribution < 1.29 is 9.13 Å². The van der Waals surface area contributed by atoms with Crippen molar-refractivity contribution in [3.63, 3.8) is 0 Å². The third-order valence-electron chi connectivity index (χ3n) is 3.40. The predicted molar refractivity (Wildman–Crippen MR) is 82.6 cm³/mol. The highest BCUT2D eigenvalue weighted by atomic mass is 79.9. The van der Waals surface area contributed by atoms with Crippen molar-refractivity contribution in [2.24, 2.45) is 5.73 Å². The largest absolute Gasteiger partial charge is 0.496 e. The van der Waals surface area contributed by atoms with Crippen LogP contribution in [0.3, 0.4) is 0 Å². The second-order valence-electron chi connectivity index (χ2n) is 4.82. The van der Waals surface area contributed by atoms with E-state index in [1.807, 2.05) is 32.0 Å². The minimum atomic E-state index is -0.294. The molecular formula is C16H17BrFNO. The van der Waals surface area contributed by atoms with Gasteiger partial charge in [-0.25, -0.2) is 4.39 Å². The SMILES string of the molecule is COc1ccc(C(N)c2c(C)cc(F)cc2C)cc1Br. The molecule has 106 valence electrons. The molecule has 0 amide bonds. The molecule has 0 aliphatic carbocycles. The molecule has 1 atom stereocenters. The van der Waals surface area contributed by atoms with Crippen LogP contribution < -0.4 is 10.5 Å². The summed E-state index contributed by atoms with van der Waals surface area (Å²) in [7, 11) is 1.62. The fraction of sp³-hybridized carbons (Fsp3) is 0.250. The molecule has 4 heteroatoms. The maximum Gasteiger partial charge on any atom is 0.133 e. The van der Waals surface area contributed by atoms with Crippen molar-refractivity contribution in [1.82, 2.24) is 0 Å². The van der Waals surface area contributed by atoms with Gasteiger partial charge in [-0.05, 0) is 76.3 Å². The van der Waals surface area contributed by atoms with Gasteiger partial charge in [0, 0.05) is 0 Å². The lowest BCUT2D eigenvalue weighted by Crippen LogP contribution is -2.15. The zero-order valence-electron chi connectivity index (χ0n) is 11.7. The summed E-state index contributed by atoms with van der Waals surface area (Å²) in [6.07, 6.45) is 0. The molecule has 0 aromatic heterocycles. The highest BCUT2D eigenvalue weighted by Gasteiger charge is 2.16. The number of halogens is 2. The normalized spacial score (nSPS) is 12.3. The molecule has 0 radical (unpaired) electrons. The molecule has 0 saturated carbocycles. The van der Waals surface area contributed by atoms with Crippen LogP contribution in [0.15, 0.2) is 34.8 Å². The lowest BCUT2D eigenvalue weighted by atomic mass is 9.92. The van der Waals surface area contributed by atoms with E-state index in [9.17, 15) is 4.39 Å².